The van der Waals surface area contributed by atoms with Crippen molar-refractivity contribution in [1.29, 1.82) is 0 Å². The summed E-state index contributed by atoms with van der Waals surface area (Å²) < 4.78 is 9.24. The van der Waals surface area contributed by atoms with E-state index in [0.717, 1.165) is 5.56 Å². The van der Waals surface area contributed by atoms with Gasteiger partial charge in [-0.1, -0.05) is 30.3 Å². The Hall–Kier alpha value is -2.54. The summed E-state index contributed by atoms with van der Waals surface area (Å²) in [5.41, 5.74) is -0.00639. The van der Waals surface area contributed by atoms with Gasteiger partial charge in [0.15, 0.2) is 0 Å². The molecule has 0 heterocycles. The van der Waals surface area contributed by atoms with Gasteiger partial charge in [0.25, 0.3) is 5.79 Å². The zero-order chi connectivity index (χ0) is 17.7. The zero-order valence-electron chi connectivity index (χ0n) is 13.5. The van der Waals surface area contributed by atoms with E-state index < -0.39 is 29.3 Å². The number of rotatable bonds is 7. The van der Waals surface area contributed by atoms with Crippen LogP contribution in [0, 0.1) is 0 Å². The van der Waals surface area contributed by atoms with E-state index in [-0.39, 0.29) is 0 Å². The number of hydrogen-bond acceptors (Lipinski definition) is 6. The second-order valence-electron chi connectivity index (χ2n) is 5.62. The molecule has 7 nitrogen and oxygen atoms in total. The molecule has 0 radical (unpaired) electrons. The van der Waals surface area contributed by atoms with Crippen LogP contribution >= 0.6 is 0 Å². The number of esters is 1. The normalized spacial score (nSPS) is 11.5. The van der Waals surface area contributed by atoms with E-state index in [1.807, 2.05) is 30.3 Å². The Balaban J connectivity index is 2.59. The van der Waals surface area contributed by atoms with Crippen molar-refractivity contribution in [3.05, 3.63) is 48.2 Å². The zero-order valence-corrected chi connectivity index (χ0v) is 13.5. The molecule has 0 aliphatic rings. The molecule has 126 valence electrons. The summed E-state index contributed by atoms with van der Waals surface area (Å²) in [5, 5.41) is 8.54. The van der Waals surface area contributed by atoms with Crippen molar-refractivity contribution in [2.75, 3.05) is 0 Å². The first-order valence-corrected chi connectivity index (χ1v) is 6.79. The molecule has 1 rings (SSSR count). The van der Waals surface area contributed by atoms with Gasteiger partial charge in [-0.3, -0.25) is 0 Å². The number of carboxylic acid groups (broad SMARTS) is 1. The van der Waals surface area contributed by atoms with Gasteiger partial charge < -0.3 is 19.5 Å². The molecule has 0 fully saturated rings. The van der Waals surface area contributed by atoms with Gasteiger partial charge in [-0.25, -0.2) is 9.59 Å². The number of hydrogen-bond donors (Lipinski definition) is 1. The van der Waals surface area contributed by atoms with Crippen molar-refractivity contribution in [3.8, 4) is 0 Å². The molecule has 0 unspecified atom stereocenters. The van der Waals surface area contributed by atoms with E-state index in [1.54, 1.807) is 13.8 Å². The first-order valence-electron chi connectivity index (χ1n) is 6.79. The highest BCUT2D eigenvalue weighted by Crippen LogP contribution is 2.26. The Labute approximate surface area is 134 Å². The molecule has 1 aromatic carbocycles. The number of carbonyl (C=O) groups excluding carboxylic acids is 1. The highest BCUT2D eigenvalue weighted by atomic mass is 17.2. The molecular weight excluding hydrogens is 304 g/mol. The summed E-state index contributed by atoms with van der Waals surface area (Å²) in [6.45, 7) is 9.42. The fourth-order valence-corrected chi connectivity index (χ4v) is 1.59. The maximum absolute atomic E-state index is 11.8. The van der Waals surface area contributed by atoms with Crippen molar-refractivity contribution in [2.45, 2.75) is 39.1 Å². The molecule has 0 aliphatic heterocycles. The lowest BCUT2D eigenvalue weighted by atomic mass is 9.99. The Bertz CT molecular complexity index is 575. The van der Waals surface area contributed by atoms with Crippen molar-refractivity contribution in [2.24, 2.45) is 0 Å². The third-order valence-corrected chi connectivity index (χ3v) is 2.72. The summed E-state index contributed by atoms with van der Waals surface area (Å²) in [6, 6.07) is 9.23. The monoisotopic (exact) mass is 324 g/mol. The van der Waals surface area contributed by atoms with Crippen LogP contribution in [0.4, 0.5) is 4.79 Å². The van der Waals surface area contributed by atoms with Gasteiger partial charge >= 0.3 is 12.1 Å². The summed E-state index contributed by atoms with van der Waals surface area (Å²) in [7, 11) is 0. The van der Waals surface area contributed by atoms with Gasteiger partial charge in [0, 0.05) is 13.8 Å². The molecule has 0 saturated heterocycles. The van der Waals surface area contributed by atoms with Crippen molar-refractivity contribution in [1.82, 2.24) is 0 Å². The molecular formula is C16H20O7. The molecule has 0 amide bonds. The summed E-state index contributed by atoms with van der Waals surface area (Å²) in [6.07, 6.45) is -1.57. The highest BCUT2D eigenvalue weighted by Gasteiger charge is 2.31. The van der Waals surface area contributed by atoms with Gasteiger partial charge in [-0.05, 0) is 26.0 Å². The van der Waals surface area contributed by atoms with Crippen LogP contribution in [0.1, 0.15) is 33.3 Å². The van der Waals surface area contributed by atoms with Crippen LogP contribution in [-0.4, -0.2) is 23.0 Å². The van der Waals surface area contributed by atoms with E-state index in [9.17, 15) is 9.59 Å². The molecule has 0 spiro atoms. The lowest BCUT2D eigenvalue weighted by Crippen LogP contribution is -2.34. The molecule has 0 aromatic heterocycles. The van der Waals surface area contributed by atoms with E-state index in [1.165, 1.54) is 13.8 Å². The molecule has 23 heavy (non-hydrogen) atoms. The first kappa shape index (κ1) is 18.5. The van der Waals surface area contributed by atoms with E-state index in [0.29, 0.717) is 0 Å². The first-order chi connectivity index (χ1) is 10.5. The molecule has 1 aromatic rings. The van der Waals surface area contributed by atoms with Crippen molar-refractivity contribution < 1.29 is 33.9 Å². The lowest BCUT2D eigenvalue weighted by molar-refractivity contribution is -0.332. The minimum Gasteiger partial charge on any atom is -0.450 e. The largest absolute Gasteiger partial charge is 0.509 e. The maximum atomic E-state index is 11.8. The van der Waals surface area contributed by atoms with E-state index in [4.69, 9.17) is 19.6 Å². The Kier molecular flexibility index (Phi) is 5.75. The molecule has 7 heteroatoms. The smallest absolute Gasteiger partial charge is 0.450 e. The Morgan fingerprint density at radius 2 is 1.61 bits per heavy atom. The van der Waals surface area contributed by atoms with Crippen LogP contribution in [-0.2, 0) is 29.6 Å². The predicted molar refractivity (Wildman–Crippen MR) is 80.1 cm³/mol. The van der Waals surface area contributed by atoms with Gasteiger partial charge in [0.1, 0.15) is 5.60 Å². The SMILES string of the molecule is C=C(OOC(C)(C)c1ccccc1)C(=O)OC(C)(C)OC(=O)O. The Morgan fingerprint density at radius 1 is 1.04 bits per heavy atom. The minimum absolute atomic E-state index is 0.434. The van der Waals surface area contributed by atoms with Gasteiger partial charge in [-0.2, -0.15) is 4.89 Å². The average molecular weight is 324 g/mol. The van der Waals surface area contributed by atoms with Crippen molar-refractivity contribution in [3.63, 3.8) is 0 Å². The average Bonchev–Trinajstić information content (AvgIpc) is 2.43. The lowest BCUT2D eigenvalue weighted by Gasteiger charge is -2.26. The molecule has 0 atom stereocenters. The highest BCUT2D eigenvalue weighted by molar-refractivity contribution is 5.85. The van der Waals surface area contributed by atoms with Crippen LogP contribution in [0.15, 0.2) is 42.7 Å². The third kappa shape index (κ3) is 5.99. The maximum Gasteiger partial charge on any atom is 0.509 e. The summed E-state index contributed by atoms with van der Waals surface area (Å²) in [5.74, 6) is -3.11. The molecule has 0 aliphatic carbocycles. The third-order valence-electron chi connectivity index (χ3n) is 2.72. The molecule has 1 N–H and O–H groups in total. The number of benzene rings is 1. The summed E-state index contributed by atoms with van der Waals surface area (Å²) in [4.78, 5) is 32.4. The topological polar surface area (TPSA) is 91.3 Å². The van der Waals surface area contributed by atoms with E-state index in [2.05, 4.69) is 11.3 Å². The number of carbonyl (C=O) groups is 2. The number of ether oxygens (including phenoxy) is 2. The van der Waals surface area contributed by atoms with Crippen LogP contribution < -0.4 is 0 Å². The second-order valence-corrected chi connectivity index (χ2v) is 5.62. The Morgan fingerprint density at radius 3 is 2.13 bits per heavy atom. The van der Waals surface area contributed by atoms with Gasteiger partial charge in [0.2, 0.25) is 5.76 Å². The molecule has 0 saturated carbocycles. The molecule has 0 bridgehead atoms. The van der Waals surface area contributed by atoms with Crippen LogP contribution in [0.5, 0.6) is 0 Å². The van der Waals surface area contributed by atoms with Gasteiger partial charge in [-0.15, -0.1) is 0 Å². The van der Waals surface area contributed by atoms with E-state index >= 15 is 0 Å². The summed E-state index contributed by atoms with van der Waals surface area (Å²) >= 11 is 0. The fraction of sp³-hybridized carbons (Fsp3) is 0.375. The van der Waals surface area contributed by atoms with Gasteiger partial charge in [0.05, 0.1) is 0 Å². The van der Waals surface area contributed by atoms with Crippen LogP contribution in [0.3, 0.4) is 0 Å². The predicted octanol–water partition coefficient (Wildman–Crippen LogP) is 3.36. The van der Waals surface area contributed by atoms with Crippen molar-refractivity contribution >= 4 is 12.1 Å². The van der Waals surface area contributed by atoms with Crippen LogP contribution in [0.25, 0.3) is 0 Å². The van der Waals surface area contributed by atoms with Crippen LogP contribution in [0.2, 0.25) is 0 Å². The standard InChI is InChI=1S/C16H20O7/c1-11(13(17)20-16(4,5)21-14(18)19)22-23-15(2,3)12-9-7-6-8-10-12/h6-10H,1H2,2-5H3,(H,18,19). The second kappa shape index (κ2) is 7.15. The quantitative estimate of drug-likeness (QED) is 0.205. The minimum atomic E-state index is -1.68. The fourth-order valence-electron chi connectivity index (χ4n) is 1.59.